The number of anilines is 1. The first-order valence-electron chi connectivity index (χ1n) is 4.50. The van der Waals surface area contributed by atoms with E-state index in [-0.39, 0.29) is 5.56 Å². The number of rotatable bonds is 2. The first-order chi connectivity index (χ1) is 7.25. The fourth-order valence-corrected chi connectivity index (χ4v) is 1.23. The van der Waals surface area contributed by atoms with E-state index in [1.165, 1.54) is 18.3 Å². The number of aliphatic imine (C=N–C) groups is 1. The fraction of sp³-hybridized carbons (Fsp3) is 0.222. The van der Waals surface area contributed by atoms with Gasteiger partial charge in [0.2, 0.25) is 0 Å². The van der Waals surface area contributed by atoms with Crippen LogP contribution >= 0.6 is 0 Å². The molecule has 0 radical (unpaired) electrons. The molecule has 0 aromatic carbocycles. The van der Waals surface area contributed by atoms with Gasteiger partial charge in [-0.2, -0.15) is 0 Å². The molecule has 78 valence electrons. The Morgan fingerprint density at radius 1 is 1.60 bits per heavy atom. The molecule has 3 N–H and O–H groups in total. The van der Waals surface area contributed by atoms with Crippen LogP contribution in [0.15, 0.2) is 23.3 Å². The zero-order valence-electron chi connectivity index (χ0n) is 7.90. The van der Waals surface area contributed by atoms with Gasteiger partial charge in [0.05, 0.1) is 12.1 Å². The second-order valence-corrected chi connectivity index (χ2v) is 3.02. The monoisotopic (exact) mass is 206 g/mol. The SMILES string of the molecule is O=C(O)c1ccnc(NC2=NCCN2)c1. The van der Waals surface area contributed by atoms with Crippen LogP contribution in [-0.2, 0) is 0 Å². The first kappa shape index (κ1) is 9.45. The molecule has 0 bridgehead atoms. The maximum atomic E-state index is 10.7. The maximum Gasteiger partial charge on any atom is 0.335 e. The van der Waals surface area contributed by atoms with Crippen molar-refractivity contribution >= 4 is 17.7 Å². The zero-order chi connectivity index (χ0) is 10.7. The van der Waals surface area contributed by atoms with E-state index in [1.807, 2.05) is 0 Å². The minimum atomic E-state index is -0.971. The van der Waals surface area contributed by atoms with Crippen LogP contribution in [0.3, 0.4) is 0 Å². The highest BCUT2D eigenvalue weighted by atomic mass is 16.4. The Morgan fingerprint density at radius 2 is 2.47 bits per heavy atom. The van der Waals surface area contributed by atoms with E-state index in [9.17, 15) is 4.79 Å². The largest absolute Gasteiger partial charge is 0.478 e. The number of guanidine groups is 1. The number of nitrogens with zero attached hydrogens (tertiary/aromatic N) is 2. The van der Waals surface area contributed by atoms with Crippen LogP contribution in [0.5, 0.6) is 0 Å². The molecule has 1 aromatic heterocycles. The van der Waals surface area contributed by atoms with Crippen molar-refractivity contribution < 1.29 is 9.90 Å². The van der Waals surface area contributed by atoms with Gasteiger partial charge in [-0.25, -0.2) is 9.78 Å². The van der Waals surface area contributed by atoms with Gasteiger partial charge in [-0.15, -0.1) is 0 Å². The highest BCUT2D eigenvalue weighted by Crippen LogP contribution is 2.06. The molecule has 0 fully saturated rings. The first-order valence-corrected chi connectivity index (χ1v) is 4.50. The highest BCUT2D eigenvalue weighted by Gasteiger charge is 2.08. The van der Waals surface area contributed by atoms with E-state index in [0.29, 0.717) is 11.8 Å². The van der Waals surface area contributed by atoms with Crippen molar-refractivity contribution in [2.45, 2.75) is 0 Å². The van der Waals surface area contributed by atoms with Crippen molar-refractivity contribution in [1.82, 2.24) is 10.3 Å². The summed E-state index contributed by atoms with van der Waals surface area (Å²) in [6.07, 6.45) is 1.45. The molecular formula is C9H10N4O2. The Hall–Kier alpha value is -2.11. The Labute approximate surface area is 86.1 Å². The van der Waals surface area contributed by atoms with E-state index in [4.69, 9.17) is 5.11 Å². The van der Waals surface area contributed by atoms with Crippen molar-refractivity contribution in [3.8, 4) is 0 Å². The summed E-state index contributed by atoms with van der Waals surface area (Å²) in [5.74, 6) is 0.134. The summed E-state index contributed by atoms with van der Waals surface area (Å²) in [5.41, 5.74) is 0.200. The second-order valence-electron chi connectivity index (χ2n) is 3.02. The summed E-state index contributed by atoms with van der Waals surface area (Å²) in [4.78, 5) is 18.8. The molecule has 6 nitrogen and oxygen atoms in total. The average molecular weight is 206 g/mol. The lowest BCUT2D eigenvalue weighted by atomic mass is 10.2. The van der Waals surface area contributed by atoms with Gasteiger partial charge in [0.15, 0.2) is 5.96 Å². The lowest BCUT2D eigenvalue weighted by Gasteiger charge is -2.05. The molecule has 0 saturated carbocycles. The van der Waals surface area contributed by atoms with E-state index < -0.39 is 5.97 Å². The predicted octanol–water partition coefficient (Wildman–Crippen LogP) is 0.151. The third-order valence-electron chi connectivity index (χ3n) is 1.93. The van der Waals surface area contributed by atoms with Crippen LogP contribution in [0.1, 0.15) is 10.4 Å². The Morgan fingerprint density at radius 3 is 3.13 bits per heavy atom. The van der Waals surface area contributed by atoms with Gasteiger partial charge in [0.25, 0.3) is 0 Å². The van der Waals surface area contributed by atoms with Crippen LogP contribution < -0.4 is 10.6 Å². The molecular weight excluding hydrogens is 196 g/mol. The van der Waals surface area contributed by atoms with Crippen LogP contribution in [0, 0.1) is 0 Å². The number of carbonyl (C=O) groups is 1. The van der Waals surface area contributed by atoms with E-state index in [1.54, 1.807) is 0 Å². The quantitative estimate of drug-likeness (QED) is 0.641. The predicted molar refractivity (Wildman–Crippen MR) is 55.1 cm³/mol. The maximum absolute atomic E-state index is 10.7. The van der Waals surface area contributed by atoms with Crippen LogP contribution in [0.2, 0.25) is 0 Å². The summed E-state index contributed by atoms with van der Waals surface area (Å²) in [6.45, 7) is 1.52. The zero-order valence-corrected chi connectivity index (χ0v) is 7.90. The molecule has 0 aliphatic carbocycles. The summed E-state index contributed by atoms with van der Waals surface area (Å²) >= 11 is 0. The summed E-state index contributed by atoms with van der Waals surface area (Å²) in [7, 11) is 0. The second kappa shape index (κ2) is 3.95. The van der Waals surface area contributed by atoms with Crippen molar-refractivity contribution in [3.63, 3.8) is 0 Å². The number of nitrogens with one attached hydrogen (secondary N) is 2. The lowest BCUT2D eigenvalue weighted by Crippen LogP contribution is -2.26. The smallest absolute Gasteiger partial charge is 0.335 e. The van der Waals surface area contributed by atoms with Gasteiger partial charge < -0.3 is 15.7 Å². The van der Waals surface area contributed by atoms with E-state index in [0.717, 1.165) is 13.1 Å². The van der Waals surface area contributed by atoms with Crippen molar-refractivity contribution in [3.05, 3.63) is 23.9 Å². The Balaban J connectivity index is 2.14. The van der Waals surface area contributed by atoms with Gasteiger partial charge in [0.1, 0.15) is 5.82 Å². The number of carboxylic acids is 1. The molecule has 2 heterocycles. The van der Waals surface area contributed by atoms with Crippen molar-refractivity contribution in [2.75, 3.05) is 18.4 Å². The van der Waals surface area contributed by atoms with E-state index >= 15 is 0 Å². The van der Waals surface area contributed by atoms with Crippen molar-refractivity contribution in [2.24, 2.45) is 4.99 Å². The third-order valence-corrected chi connectivity index (χ3v) is 1.93. The highest BCUT2D eigenvalue weighted by molar-refractivity contribution is 5.95. The van der Waals surface area contributed by atoms with E-state index in [2.05, 4.69) is 20.6 Å². The summed E-state index contributed by atoms with van der Waals surface area (Å²) in [5, 5.41) is 14.7. The number of pyridine rings is 1. The fourth-order valence-electron chi connectivity index (χ4n) is 1.23. The molecule has 0 saturated heterocycles. The van der Waals surface area contributed by atoms with Gasteiger partial charge in [-0.05, 0) is 12.1 Å². The molecule has 1 aliphatic heterocycles. The minimum absolute atomic E-state index is 0.200. The Kier molecular flexibility index (Phi) is 2.49. The van der Waals surface area contributed by atoms with Gasteiger partial charge >= 0.3 is 5.97 Å². The number of hydrogen-bond acceptors (Lipinski definition) is 5. The molecule has 1 aromatic rings. The van der Waals surface area contributed by atoms with Gasteiger partial charge in [0, 0.05) is 12.7 Å². The summed E-state index contributed by atoms with van der Waals surface area (Å²) < 4.78 is 0. The average Bonchev–Trinajstić information content (AvgIpc) is 2.71. The Bertz CT molecular complexity index is 416. The molecule has 6 heteroatoms. The lowest BCUT2D eigenvalue weighted by molar-refractivity contribution is 0.0697. The number of hydrogen-bond donors (Lipinski definition) is 3. The molecule has 0 amide bonds. The molecule has 0 atom stereocenters. The molecule has 15 heavy (non-hydrogen) atoms. The van der Waals surface area contributed by atoms with Crippen LogP contribution in [0.25, 0.3) is 0 Å². The van der Waals surface area contributed by atoms with Gasteiger partial charge in [-0.1, -0.05) is 0 Å². The molecule has 0 unspecified atom stereocenters. The number of aromatic nitrogens is 1. The van der Waals surface area contributed by atoms with Crippen LogP contribution in [-0.4, -0.2) is 35.1 Å². The standard InChI is InChI=1S/C9H10N4O2/c14-8(15)6-1-2-10-7(5-6)13-9-11-3-4-12-9/h1-2,5H,3-4H2,(H,14,15)(H2,10,11,12,13). The molecule has 2 rings (SSSR count). The molecule has 0 spiro atoms. The third kappa shape index (κ3) is 2.22. The summed E-state index contributed by atoms with van der Waals surface area (Å²) in [6, 6.07) is 2.91. The normalized spacial score (nSPS) is 14.3. The topological polar surface area (TPSA) is 86.6 Å². The number of aromatic carboxylic acids is 1. The van der Waals surface area contributed by atoms with Crippen molar-refractivity contribution in [1.29, 1.82) is 0 Å². The number of carboxylic acid groups (broad SMARTS) is 1. The van der Waals surface area contributed by atoms with Crippen LogP contribution in [0.4, 0.5) is 5.82 Å². The van der Waals surface area contributed by atoms with Gasteiger partial charge in [-0.3, -0.25) is 4.99 Å². The minimum Gasteiger partial charge on any atom is -0.478 e. The molecule has 1 aliphatic rings.